The quantitative estimate of drug-likeness (QED) is 0.608. The first-order chi connectivity index (χ1) is 10.5. The lowest BCUT2D eigenvalue weighted by molar-refractivity contribution is -0.385. The summed E-state index contributed by atoms with van der Waals surface area (Å²) in [5.74, 6) is 0.378. The van der Waals surface area contributed by atoms with Crippen molar-refractivity contribution in [2.24, 2.45) is 11.7 Å². The molecule has 8 heteroatoms. The third-order valence-corrected chi connectivity index (χ3v) is 4.10. The molecule has 1 aliphatic carbocycles. The van der Waals surface area contributed by atoms with Crippen LogP contribution in [0.1, 0.15) is 31.2 Å². The minimum atomic E-state index is -0.498. The Morgan fingerprint density at radius 1 is 1.48 bits per heavy atom. The van der Waals surface area contributed by atoms with Crippen molar-refractivity contribution in [3.63, 3.8) is 0 Å². The summed E-state index contributed by atoms with van der Waals surface area (Å²) in [6.07, 6.45) is 3.45. The standard InChI is InChI=1S/C15H21N3O4.ClH/c1-22-14-6-5-10(7-13(14)18(20)21)9-17-15(19)8-11-3-2-4-12(11)16;/h5-7,11-12H,2-4,8-9,16H2,1H3,(H,17,19);1H/t11-,12+;/m0./s1. The molecule has 1 aromatic rings. The number of ether oxygens (including phenoxy) is 1. The topological polar surface area (TPSA) is 107 Å². The number of amides is 1. The third kappa shape index (κ3) is 5.07. The molecular formula is C15H22ClN3O4. The SMILES string of the molecule is COc1ccc(CNC(=O)C[C@@H]2CCC[C@H]2N)cc1[N+](=O)[O-].Cl. The second-order valence-electron chi connectivity index (χ2n) is 5.60. The van der Waals surface area contributed by atoms with E-state index < -0.39 is 4.92 Å². The van der Waals surface area contributed by atoms with Crippen molar-refractivity contribution in [2.75, 3.05) is 7.11 Å². The number of benzene rings is 1. The minimum Gasteiger partial charge on any atom is -0.490 e. The van der Waals surface area contributed by atoms with Crippen LogP contribution in [0.4, 0.5) is 5.69 Å². The number of nitrogens with zero attached hydrogens (tertiary/aromatic N) is 1. The molecule has 0 unspecified atom stereocenters. The first-order valence-electron chi connectivity index (χ1n) is 7.35. The molecular weight excluding hydrogens is 322 g/mol. The summed E-state index contributed by atoms with van der Waals surface area (Å²) in [5, 5.41) is 13.8. The average Bonchev–Trinajstić information content (AvgIpc) is 2.90. The molecule has 1 saturated carbocycles. The number of halogens is 1. The molecule has 3 N–H and O–H groups in total. The van der Waals surface area contributed by atoms with Gasteiger partial charge in [0.2, 0.25) is 5.91 Å². The van der Waals surface area contributed by atoms with Gasteiger partial charge in [-0.1, -0.05) is 12.5 Å². The largest absolute Gasteiger partial charge is 0.490 e. The van der Waals surface area contributed by atoms with E-state index in [0.717, 1.165) is 19.3 Å². The molecule has 2 atom stereocenters. The fourth-order valence-electron chi connectivity index (χ4n) is 2.82. The number of carbonyl (C=O) groups excluding carboxylic acids is 1. The second kappa shape index (κ2) is 8.69. The van der Waals surface area contributed by atoms with Crippen LogP contribution in [0.5, 0.6) is 5.75 Å². The number of methoxy groups -OCH3 is 1. The molecule has 0 radical (unpaired) electrons. The van der Waals surface area contributed by atoms with Crippen molar-refractivity contribution in [1.82, 2.24) is 5.32 Å². The molecule has 1 aliphatic rings. The Balaban J connectivity index is 0.00000264. The van der Waals surface area contributed by atoms with Crippen LogP contribution < -0.4 is 15.8 Å². The number of nitro groups is 1. The van der Waals surface area contributed by atoms with Crippen LogP contribution in [-0.4, -0.2) is 24.0 Å². The van der Waals surface area contributed by atoms with Gasteiger partial charge in [0, 0.05) is 25.1 Å². The van der Waals surface area contributed by atoms with E-state index in [1.165, 1.54) is 19.2 Å². The number of carbonyl (C=O) groups is 1. The van der Waals surface area contributed by atoms with Crippen molar-refractivity contribution in [3.05, 3.63) is 33.9 Å². The van der Waals surface area contributed by atoms with Crippen LogP contribution in [-0.2, 0) is 11.3 Å². The average molecular weight is 344 g/mol. The van der Waals surface area contributed by atoms with E-state index in [4.69, 9.17) is 10.5 Å². The van der Waals surface area contributed by atoms with Crippen molar-refractivity contribution < 1.29 is 14.5 Å². The van der Waals surface area contributed by atoms with Gasteiger partial charge in [-0.05, 0) is 30.4 Å². The molecule has 0 bridgehead atoms. The molecule has 23 heavy (non-hydrogen) atoms. The number of hydrogen-bond donors (Lipinski definition) is 2. The molecule has 1 fully saturated rings. The Hall–Kier alpha value is -1.86. The number of rotatable bonds is 6. The molecule has 0 heterocycles. The Morgan fingerprint density at radius 2 is 2.22 bits per heavy atom. The van der Waals surface area contributed by atoms with E-state index in [-0.39, 0.29) is 48.3 Å². The maximum Gasteiger partial charge on any atom is 0.311 e. The lowest BCUT2D eigenvalue weighted by Gasteiger charge is -2.14. The highest BCUT2D eigenvalue weighted by molar-refractivity contribution is 5.85. The van der Waals surface area contributed by atoms with Crippen LogP contribution in [0.25, 0.3) is 0 Å². The predicted octanol–water partition coefficient (Wildman–Crippen LogP) is 2.16. The first-order valence-corrected chi connectivity index (χ1v) is 7.35. The van der Waals surface area contributed by atoms with Gasteiger partial charge in [0.1, 0.15) is 0 Å². The van der Waals surface area contributed by atoms with Crippen molar-refractivity contribution in [3.8, 4) is 5.75 Å². The van der Waals surface area contributed by atoms with Gasteiger partial charge < -0.3 is 15.8 Å². The Bertz CT molecular complexity index is 568. The highest BCUT2D eigenvalue weighted by atomic mass is 35.5. The monoisotopic (exact) mass is 343 g/mol. The van der Waals surface area contributed by atoms with Crippen LogP contribution in [0.3, 0.4) is 0 Å². The number of nitrogens with two attached hydrogens (primary N) is 1. The zero-order chi connectivity index (χ0) is 16.1. The van der Waals surface area contributed by atoms with Gasteiger partial charge in [0.15, 0.2) is 5.75 Å². The Morgan fingerprint density at radius 3 is 2.78 bits per heavy atom. The van der Waals surface area contributed by atoms with Gasteiger partial charge in [-0.3, -0.25) is 14.9 Å². The van der Waals surface area contributed by atoms with Crippen LogP contribution in [0.2, 0.25) is 0 Å². The van der Waals surface area contributed by atoms with Gasteiger partial charge in [-0.15, -0.1) is 12.4 Å². The fraction of sp³-hybridized carbons (Fsp3) is 0.533. The Kier molecular flexibility index (Phi) is 7.25. The summed E-state index contributed by atoms with van der Waals surface area (Å²) < 4.78 is 4.94. The minimum absolute atomic E-state index is 0. The van der Waals surface area contributed by atoms with Crippen molar-refractivity contribution in [1.29, 1.82) is 0 Å². The van der Waals surface area contributed by atoms with Crippen LogP contribution >= 0.6 is 12.4 Å². The second-order valence-corrected chi connectivity index (χ2v) is 5.60. The summed E-state index contributed by atoms with van der Waals surface area (Å²) in [7, 11) is 1.38. The molecule has 0 spiro atoms. The molecule has 128 valence electrons. The van der Waals surface area contributed by atoms with Gasteiger partial charge in [-0.25, -0.2) is 0 Å². The highest BCUT2D eigenvalue weighted by Gasteiger charge is 2.26. The lowest BCUT2D eigenvalue weighted by atomic mass is 10.00. The highest BCUT2D eigenvalue weighted by Crippen LogP contribution is 2.28. The Labute approximate surface area is 141 Å². The predicted molar refractivity (Wildman–Crippen MR) is 88.7 cm³/mol. The zero-order valence-corrected chi connectivity index (χ0v) is 13.8. The summed E-state index contributed by atoms with van der Waals surface area (Å²) in [6, 6.07) is 4.76. The van der Waals surface area contributed by atoms with Crippen LogP contribution in [0.15, 0.2) is 18.2 Å². The van der Waals surface area contributed by atoms with Gasteiger partial charge >= 0.3 is 5.69 Å². The van der Waals surface area contributed by atoms with Gasteiger partial charge in [0.25, 0.3) is 0 Å². The van der Waals surface area contributed by atoms with E-state index in [9.17, 15) is 14.9 Å². The molecule has 1 amide bonds. The fourth-order valence-corrected chi connectivity index (χ4v) is 2.82. The summed E-state index contributed by atoms with van der Waals surface area (Å²) in [6.45, 7) is 0.256. The molecule has 0 aliphatic heterocycles. The van der Waals surface area contributed by atoms with E-state index >= 15 is 0 Å². The zero-order valence-electron chi connectivity index (χ0n) is 13.0. The summed E-state index contributed by atoms with van der Waals surface area (Å²) in [5.41, 5.74) is 6.51. The number of nitrogens with one attached hydrogen (secondary N) is 1. The third-order valence-electron chi connectivity index (χ3n) is 4.10. The normalized spacial score (nSPS) is 19.7. The number of nitro benzene ring substituents is 1. The molecule has 1 aromatic carbocycles. The maximum absolute atomic E-state index is 11.9. The number of hydrogen-bond acceptors (Lipinski definition) is 5. The van der Waals surface area contributed by atoms with Crippen molar-refractivity contribution in [2.45, 2.75) is 38.3 Å². The van der Waals surface area contributed by atoms with Gasteiger partial charge in [-0.2, -0.15) is 0 Å². The van der Waals surface area contributed by atoms with E-state index in [0.29, 0.717) is 12.0 Å². The van der Waals surface area contributed by atoms with Gasteiger partial charge in [0.05, 0.1) is 12.0 Å². The smallest absolute Gasteiger partial charge is 0.311 e. The van der Waals surface area contributed by atoms with Crippen LogP contribution in [0, 0.1) is 16.0 Å². The van der Waals surface area contributed by atoms with E-state index in [1.807, 2.05) is 0 Å². The molecule has 0 saturated heterocycles. The molecule has 0 aromatic heterocycles. The van der Waals surface area contributed by atoms with E-state index in [2.05, 4.69) is 5.32 Å². The van der Waals surface area contributed by atoms with E-state index in [1.54, 1.807) is 6.07 Å². The first kappa shape index (κ1) is 19.2. The lowest BCUT2D eigenvalue weighted by Crippen LogP contribution is -2.31. The molecule has 2 rings (SSSR count). The maximum atomic E-state index is 11.9. The summed E-state index contributed by atoms with van der Waals surface area (Å²) in [4.78, 5) is 22.4. The van der Waals surface area contributed by atoms with Crippen molar-refractivity contribution >= 4 is 24.0 Å². The summed E-state index contributed by atoms with van der Waals surface area (Å²) >= 11 is 0. The molecule has 7 nitrogen and oxygen atoms in total.